The van der Waals surface area contributed by atoms with Crippen molar-refractivity contribution in [1.82, 2.24) is 4.90 Å². The van der Waals surface area contributed by atoms with Crippen LogP contribution in [0.25, 0.3) is 0 Å². The van der Waals surface area contributed by atoms with Gasteiger partial charge in [0.15, 0.2) is 0 Å². The Hall–Kier alpha value is -0.0800. The third kappa shape index (κ3) is 2.96. The van der Waals surface area contributed by atoms with E-state index >= 15 is 0 Å². The van der Waals surface area contributed by atoms with Gasteiger partial charge in [-0.15, -0.1) is 0 Å². The molecule has 0 aliphatic carbocycles. The van der Waals surface area contributed by atoms with Gasteiger partial charge in [-0.1, -0.05) is 20.8 Å². The highest BCUT2D eigenvalue weighted by atomic mass is 16.3. The summed E-state index contributed by atoms with van der Waals surface area (Å²) in [6.07, 6.45) is 3.49. The summed E-state index contributed by atoms with van der Waals surface area (Å²) >= 11 is 0. The quantitative estimate of drug-likeness (QED) is 0.749. The van der Waals surface area contributed by atoms with E-state index in [1.165, 1.54) is 32.5 Å². The number of hydrogen-bond acceptors (Lipinski definition) is 2. The van der Waals surface area contributed by atoms with E-state index in [9.17, 15) is 0 Å². The van der Waals surface area contributed by atoms with Gasteiger partial charge in [0, 0.05) is 13.2 Å². The highest BCUT2D eigenvalue weighted by molar-refractivity contribution is 4.86. The molecule has 1 fully saturated rings. The second-order valence-corrected chi connectivity index (χ2v) is 5.26. The van der Waals surface area contributed by atoms with Crippen molar-refractivity contribution in [2.75, 3.05) is 26.2 Å². The van der Waals surface area contributed by atoms with Gasteiger partial charge in [0.1, 0.15) is 0 Å². The first-order chi connectivity index (χ1) is 6.60. The molecular formula is C12H25NO. The molecule has 84 valence electrons. The van der Waals surface area contributed by atoms with Gasteiger partial charge < -0.3 is 10.0 Å². The fourth-order valence-corrected chi connectivity index (χ4v) is 2.71. The van der Waals surface area contributed by atoms with Crippen molar-refractivity contribution in [2.45, 2.75) is 40.0 Å². The molecule has 0 aromatic carbocycles. The second kappa shape index (κ2) is 5.13. The fraction of sp³-hybridized carbons (Fsp3) is 1.00. The fourth-order valence-electron chi connectivity index (χ4n) is 2.71. The van der Waals surface area contributed by atoms with Crippen LogP contribution in [0, 0.1) is 11.3 Å². The summed E-state index contributed by atoms with van der Waals surface area (Å²) in [5.74, 6) is 0.709. The van der Waals surface area contributed by atoms with Gasteiger partial charge >= 0.3 is 0 Å². The Morgan fingerprint density at radius 2 is 2.14 bits per heavy atom. The molecule has 0 radical (unpaired) electrons. The maximum Gasteiger partial charge on any atom is 0.0433 e. The molecule has 1 aliphatic rings. The van der Waals surface area contributed by atoms with Gasteiger partial charge in [-0.25, -0.2) is 0 Å². The van der Waals surface area contributed by atoms with Crippen molar-refractivity contribution in [2.24, 2.45) is 11.3 Å². The van der Waals surface area contributed by atoms with E-state index < -0.39 is 0 Å². The van der Waals surface area contributed by atoms with Crippen molar-refractivity contribution in [3.05, 3.63) is 0 Å². The van der Waals surface area contributed by atoms with Crippen molar-refractivity contribution < 1.29 is 5.11 Å². The van der Waals surface area contributed by atoms with Gasteiger partial charge in [-0.3, -0.25) is 0 Å². The summed E-state index contributed by atoms with van der Waals surface area (Å²) in [6.45, 7) is 10.9. The van der Waals surface area contributed by atoms with Crippen molar-refractivity contribution in [3.8, 4) is 0 Å². The van der Waals surface area contributed by atoms with E-state index in [1.807, 2.05) is 0 Å². The Balaban J connectivity index is 2.47. The van der Waals surface area contributed by atoms with Crippen LogP contribution in [-0.4, -0.2) is 36.2 Å². The molecule has 0 spiro atoms. The average molecular weight is 199 g/mol. The average Bonchev–Trinajstić information content (AvgIpc) is 2.10. The van der Waals surface area contributed by atoms with Crippen molar-refractivity contribution in [1.29, 1.82) is 0 Å². The third-order valence-electron chi connectivity index (χ3n) is 3.55. The Kier molecular flexibility index (Phi) is 4.39. The molecule has 0 bridgehead atoms. The van der Waals surface area contributed by atoms with Gasteiger partial charge in [-0.2, -0.15) is 0 Å². The predicted molar refractivity (Wildman–Crippen MR) is 60.3 cm³/mol. The van der Waals surface area contributed by atoms with Crippen molar-refractivity contribution >= 4 is 0 Å². The second-order valence-electron chi connectivity index (χ2n) is 5.26. The lowest BCUT2D eigenvalue weighted by Crippen LogP contribution is -2.46. The minimum absolute atomic E-state index is 0.349. The largest absolute Gasteiger partial charge is 0.396 e. The monoisotopic (exact) mass is 199 g/mol. The molecule has 0 amide bonds. The number of piperidine rings is 1. The Morgan fingerprint density at radius 1 is 1.43 bits per heavy atom. The number of aliphatic hydroxyl groups excluding tert-OH is 1. The smallest absolute Gasteiger partial charge is 0.0433 e. The normalized spacial score (nSPS) is 27.9. The first-order valence-electron chi connectivity index (χ1n) is 5.93. The molecule has 1 rings (SSSR count). The molecule has 1 saturated heterocycles. The topological polar surface area (TPSA) is 23.5 Å². The van der Waals surface area contributed by atoms with Crippen LogP contribution in [0.4, 0.5) is 0 Å². The van der Waals surface area contributed by atoms with E-state index in [4.69, 9.17) is 5.11 Å². The molecule has 1 N–H and O–H groups in total. The molecule has 2 nitrogen and oxygen atoms in total. The summed E-state index contributed by atoms with van der Waals surface area (Å²) in [5, 5.41) is 9.01. The summed E-state index contributed by atoms with van der Waals surface area (Å²) in [5.41, 5.74) is 0.385. The van der Waals surface area contributed by atoms with Crippen molar-refractivity contribution in [3.63, 3.8) is 0 Å². The van der Waals surface area contributed by atoms with E-state index in [0.29, 0.717) is 17.9 Å². The van der Waals surface area contributed by atoms with Gasteiger partial charge in [-0.05, 0) is 43.7 Å². The number of aliphatic hydroxyl groups is 1. The molecule has 0 aromatic rings. The zero-order valence-electron chi connectivity index (χ0n) is 9.92. The summed E-state index contributed by atoms with van der Waals surface area (Å²) in [6, 6.07) is 0. The molecule has 14 heavy (non-hydrogen) atoms. The standard InChI is InChI=1S/C12H25NO/c1-4-7-13-8-5-11(6-9-14)12(2,3)10-13/h11,14H,4-10H2,1-3H3. The van der Waals surface area contributed by atoms with Crippen LogP contribution in [0.5, 0.6) is 0 Å². The Morgan fingerprint density at radius 3 is 2.64 bits per heavy atom. The molecule has 1 unspecified atom stereocenters. The third-order valence-corrected chi connectivity index (χ3v) is 3.55. The Bertz CT molecular complexity index is 168. The van der Waals surface area contributed by atoms with Crippen LogP contribution in [0.1, 0.15) is 40.0 Å². The lowest BCUT2D eigenvalue weighted by Gasteiger charge is -2.44. The molecule has 0 saturated carbocycles. The summed E-state index contributed by atoms with van der Waals surface area (Å²) < 4.78 is 0. The first-order valence-corrected chi connectivity index (χ1v) is 5.93. The minimum Gasteiger partial charge on any atom is -0.396 e. The number of nitrogens with zero attached hydrogens (tertiary/aromatic N) is 1. The lowest BCUT2D eigenvalue weighted by atomic mass is 9.72. The summed E-state index contributed by atoms with van der Waals surface area (Å²) in [4.78, 5) is 2.56. The predicted octanol–water partition coefficient (Wildman–Crippen LogP) is 2.13. The van der Waals surface area contributed by atoms with Gasteiger partial charge in [0.25, 0.3) is 0 Å². The lowest BCUT2D eigenvalue weighted by molar-refractivity contribution is 0.0407. The number of likely N-dealkylation sites (tertiary alicyclic amines) is 1. The zero-order chi connectivity index (χ0) is 10.6. The summed E-state index contributed by atoms with van der Waals surface area (Å²) in [7, 11) is 0. The molecule has 1 atom stereocenters. The molecule has 0 aromatic heterocycles. The Labute approximate surface area is 88.3 Å². The molecule has 2 heteroatoms. The van der Waals surface area contributed by atoms with Gasteiger partial charge in [0.05, 0.1) is 0 Å². The number of hydrogen-bond donors (Lipinski definition) is 1. The van der Waals surface area contributed by atoms with Crippen LogP contribution in [-0.2, 0) is 0 Å². The van der Waals surface area contributed by atoms with Crippen LogP contribution in [0.2, 0.25) is 0 Å². The highest BCUT2D eigenvalue weighted by Gasteiger charge is 2.34. The maximum atomic E-state index is 9.01. The SMILES string of the molecule is CCCN1CCC(CCO)C(C)(C)C1. The van der Waals surface area contributed by atoms with Crippen LogP contribution < -0.4 is 0 Å². The van der Waals surface area contributed by atoms with Gasteiger partial charge in [0.2, 0.25) is 0 Å². The van der Waals surface area contributed by atoms with E-state index in [0.717, 1.165) is 6.42 Å². The molecule has 1 heterocycles. The molecule has 1 aliphatic heterocycles. The van der Waals surface area contributed by atoms with E-state index in [2.05, 4.69) is 25.7 Å². The maximum absolute atomic E-state index is 9.01. The number of rotatable bonds is 4. The van der Waals surface area contributed by atoms with Crippen LogP contribution in [0.3, 0.4) is 0 Å². The molecular weight excluding hydrogens is 174 g/mol. The van der Waals surface area contributed by atoms with Crippen LogP contribution in [0.15, 0.2) is 0 Å². The first kappa shape index (κ1) is 12.0. The van der Waals surface area contributed by atoms with E-state index in [1.54, 1.807) is 0 Å². The zero-order valence-corrected chi connectivity index (χ0v) is 9.92. The minimum atomic E-state index is 0.349. The van der Waals surface area contributed by atoms with E-state index in [-0.39, 0.29) is 0 Å². The van der Waals surface area contributed by atoms with Crippen LogP contribution >= 0.6 is 0 Å². The highest BCUT2D eigenvalue weighted by Crippen LogP contribution is 2.36.